The van der Waals surface area contributed by atoms with Crippen LogP contribution in [0.2, 0.25) is 0 Å². The lowest BCUT2D eigenvalue weighted by Gasteiger charge is -2.12. The molecule has 2 rings (SSSR count). The zero-order valence-electron chi connectivity index (χ0n) is 14.9. The first-order chi connectivity index (χ1) is 12.3. The molecule has 0 bridgehead atoms. The summed E-state index contributed by atoms with van der Waals surface area (Å²) in [5.41, 5.74) is 2.87. The maximum absolute atomic E-state index is 12.4. The fourth-order valence-corrected chi connectivity index (χ4v) is 3.29. The van der Waals surface area contributed by atoms with Crippen molar-refractivity contribution in [3.8, 4) is 0 Å². The third-order valence-corrected chi connectivity index (χ3v) is 5.01. The Kier molecular flexibility index (Phi) is 7.36. The molecule has 5 nitrogen and oxygen atoms in total. The summed E-state index contributed by atoms with van der Waals surface area (Å²) in [6.45, 7) is 1.86. The number of para-hydroxylation sites is 1. The van der Waals surface area contributed by atoms with E-state index >= 15 is 0 Å². The van der Waals surface area contributed by atoms with Crippen molar-refractivity contribution in [1.82, 2.24) is 0 Å². The van der Waals surface area contributed by atoms with Crippen molar-refractivity contribution in [2.75, 3.05) is 11.1 Å². The standard InChI is InChI=1S/C20H25NO4S/c1-16(8-5-6-13-26(23,24)25)20(22)15-17-9-7-12-19(14-17)21-18-10-3-2-4-11-18/h2-4,7,9-12,14,16,21H,5-6,8,13,15H2,1H3,(H,23,24,25). The average molecular weight is 375 g/mol. The molecule has 0 aliphatic heterocycles. The van der Waals surface area contributed by atoms with Gasteiger partial charge in [-0.15, -0.1) is 0 Å². The number of hydrogen-bond donors (Lipinski definition) is 2. The van der Waals surface area contributed by atoms with Gasteiger partial charge in [0.2, 0.25) is 0 Å². The highest BCUT2D eigenvalue weighted by atomic mass is 32.2. The van der Waals surface area contributed by atoms with Gasteiger partial charge in [-0.1, -0.05) is 43.7 Å². The Bertz CT molecular complexity index is 819. The number of hydrogen-bond acceptors (Lipinski definition) is 4. The number of Topliss-reactive ketones (excluding diaryl/α,β-unsaturated/α-hetero) is 1. The van der Waals surface area contributed by atoms with Crippen molar-refractivity contribution in [1.29, 1.82) is 0 Å². The molecule has 0 aliphatic rings. The van der Waals surface area contributed by atoms with Gasteiger partial charge >= 0.3 is 0 Å². The number of rotatable bonds is 10. The van der Waals surface area contributed by atoms with Crippen molar-refractivity contribution >= 4 is 27.3 Å². The monoisotopic (exact) mass is 375 g/mol. The molecule has 0 fully saturated rings. The second-order valence-electron chi connectivity index (χ2n) is 6.52. The molecule has 26 heavy (non-hydrogen) atoms. The van der Waals surface area contributed by atoms with Crippen LogP contribution in [0.25, 0.3) is 0 Å². The van der Waals surface area contributed by atoms with Gasteiger partial charge < -0.3 is 5.32 Å². The summed E-state index contributed by atoms with van der Waals surface area (Å²) in [6, 6.07) is 17.6. The highest BCUT2D eigenvalue weighted by Gasteiger charge is 2.14. The third-order valence-electron chi connectivity index (χ3n) is 4.21. The molecule has 6 heteroatoms. The second-order valence-corrected chi connectivity index (χ2v) is 8.09. The predicted molar refractivity (Wildman–Crippen MR) is 104 cm³/mol. The van der Waals surface area contributed by atoms with Crippen LogP contribution in [-0.2, 0) is 21.3 Å². The summed E-state index contributed by atoms with van der Waals surface area (Å²) in [5.74, 6) is -0.253. The molecule has 1 atom stereocenters. The molecule has 2 aromatic rings. The number of carbonyl (C=O) groups excluding carboxylic acids is 1. The minimum absolute atomic E-state index is 0.133. The van der Waals surface area contributed by atoms with Gasteiger partial charge in [0.15, 0.2) is 0 Å². The molecule has 140 valence electrons. The summed E-state index contributed by atoms with van der Waals surface area (Å²) >= 11 is 0. The fourth-order valence-electron chi connectivity index (χ4n) is 2.72. The first-order valence-corrected chi connectivity index (χ1v) is 10.3. The molecule has 0 radical (unpaired) electrons. The van der Waals surface area contributed by atoms with Gasteiger partial charge in [-0.3, -0.25) is 9.35 Å². The second kappa shape index (κ2) is 9.50. The molecule has 2 N–H and O–H groups in total. The highest BCUT2D eigenvalue weighted by molar-refractivity contribution is 7.85. The lowest BCUT2D eigenvalue weighted by Crippen LogP contribution is -2.14. The van der Waals surface area contributed by atoms with E-state index in [0.29, 0.717) is 25.7 Å². The molecule has 0 saturated heterocycles. The van der Waals surface area contributed by atoms with Crippen LogP contribution in [0.15, 0.2) is 54.6 Å². The fraction of sp³-hybridized carbons (Fsp3) is 0.350. The molecule has 1 unspecified atom stereocenters. The minimum atomic E-state index is -3.91. The Morgan fingerprint density at radius 3 is 2.42 bits per heavy atom. The van der Waals surface area contributed by atoms with Crippen molar-refractivity contribution in [3.63, 3.8) is 0 Å². The zero-order valence-corrected chi connectivity index (χ0v) is 15.7. The van der Waals surface area contributed by atoms with Crippen LogP contribution in [-0.4, -0.2) is 24.5 Å². The van der Waals surface area contributed by atoms with Gasteiger partial charge in [-0.2, -0.15) is 8.42 Å². The molecule has 0 saturated carbocycles. The van der Waals surface area contributed by atoms with E-state index < -0.39 is 10.1 Å². The van der Waals surface area contributed by atoms with E-state index in [0.717, 1.165) is 16.9 Å². The summed E-state index contributed by atoms with van der Waals surface area (Å²) in [4.78, 5) is 12.4. The smallest absolute Gasteiger partial charge is 0.264 e. The van der Waals surface area contributed by atoms with Gasteiger partial charge in [0.25, 0.3) is 10.1 Å². The molecule has 0 aliphatic carbocycles. The first kappa shape index (κ1) is 20.1. The first-order valence-electron chi connectivity index (χ1n) is 8.72. The largest absolute Gasteiger partial charge is 0.356 e. The van der Waals surface area contributed by atoms with Crippen LogP contribution in [0.1, 0.15) is 31.7 Å². The Balaban J connectivity index is 1.85. The molecule has 0 amide bonds. The maximum Gasteiger partial charge on any atom is 0.264 e. The number of ketones is 1. The van der Waals surface area contributed by atoms with E-state index in [1.165, 1.54) is 0 Å². The van der Waals surface area contributed by atoms with Crippen molar-refractivity contribution < 1.29 is 17.8 Å². The molecule has 2 aromatic carbocycles. The van der Waals surface area contributed by atoms with E-state index in [2.05, 4.69) is 5.32 Å². The lowest BCUT2D eigenvalue weighted by molar-refractivity contribution is -0.121. The summed E-state index contributed by atoms with van der Waals surface area (Å²) in [6.07, 6.45) is 1.94. The van der Waals surface area contributed by atoms with Gasteiger partial charge in [0.05, 0.1) is 5.75 Å². The summed E-state index contributed by atoms with van der Waals surface area (Å²) < 4.78 is 30.1. The Morgan fingerprint density at radius 2 is 1.73 bits per heavy atom. The number of carbonyl (C=O) groups is 1. The van der Waals surface area contributed by atoms with E-state index in [1.807, 2.05) is 61.5 Å². The SMILES string of the molecule is CC(CCCCS(=O)(=O)O)C(=O)Cc1cccc(Nc2ccccc2)c1. The minimum Gasteiger partial charge on any atom is -0.356 e. The number of unbranched alkanes of at least 4 members (excludes halogenated alkanes) is 1. The molecular formula is C20H25NO4S. The van der Waals surface area contributed by atoms with Crippen LogP contribution in [0.3, 0.4) is 0 Å². The van der Waals surface area contributed by atoms with Gasteiger partial charge in [-0.05, 0) is 42.7 Å². The molecule has 0 aromatic heterocycles. The predicted octanol–water partition coefficient (Wildman–Crippen LogP) is 4.24. The quantitative estimate of drug-likeness (QED) is 0.479. The Morgan fingerprint density at radius 1 is 1.04 bits per heavy atom. The highest BCUT2D eigenvalue weighted by Crippen LogP contribution is 2.19. The van der Waals surface area contributed by atoms with Crippen molar-refractivity contribution in [3.05, 3.63) is 60.2 Å². The molecule has 0 heterocycles. The maximum atomic E-state index is 12.4. The Labute approximate surface area is 155 Å². The topological polar surface area (TPSA) is 83.5 Å². The van der Waals surface area contributed by atoms with Crippen LogP contribution >= 0.6 is 0 Å². The Hall–Kier alpha value is -2.18. The van der Waals surface area contributed by atoms with Gasteiger partial charge in [0, 0.05) is 23.7 Å². The molecule has 0 spiro atoms. The number of anilines is 2. The van der Waals surface area contributed by atoms with Crippen LogP contribution < -0.4 is 5.32 Å². The normalized spacial score (nSPS) is 12.5. The third kappa shape index (κ3) is 7.37. The van der Waals surface area contributed by atoms with E-state index in [4.69, 9.17) is 4.55 Å². The van der Waals surface area contributed by atoms with E-state index in [9.17, 15) is 13.2 Å². The van der Waals surface area contributed by atoms with Crippen LogP contribution in [0.4, 0.5) is 11.4 Å². The average Bonchev–Trinajstić information content (AvgIpc) is 2.59. The van der Waals surface area contributed by atoms with Crippen molar-refractivity contribution in [2.24, 2.45) is 5.92 Å². The van der Waals surface area contributed by atoms with Crippen LogP contribution in [0.5, 0.6) is 0 Å². The van der Waals surface area contributed by atoms with Gasteiger partial charge in [-0.25, -0.2) is 0 Å². The molecular weight excluding hydrogens is 350 g/mol. The summed E-state index contributed by atoms with van der Waals surface area (Å²) in [5, 5.41) is 3.31. The lowest BCUT2D eigenvalue weighted by atomic mass is 9.95. The van der Waals surface area contributed by atoms with E-state index in [-0.39, 0.29) is 17.5 Å². The zero-order chi connectivity index (χ0) is 19.0. The van der Waals surface area contributed by atoms with Gasteiger partial charge in [0.1, 0.15) is 5.78 Å². The van der Waals surface area contributed by atoms with Crippen LogP contribution in [0, 0.1) is 5.92 Å². The summed E-state index contributed by atoms with van der Waals surface area (Å²) in [7, 11) is -3.91. The van der Waals surface area contributed by atoms with E-state index in [1.54, 1.807) is 0 Å². The number of nitrogens with one attached hydrogen (secondary N) is 1. The van der Waals surface area contributed by atoms with Crippen molar-refractivity contribution in [2.45, 2.75) is 32.6 Å². The number of benzene rings is 2.